The van der Waals surface area contributed by atoms with Gasteiger partial charge < -0.3 is 15.4 Å². The van der Waals surface area contributed by atoms with Crippen LogP contribution in [0.3, 0.4) is 0 Å². The van der Waals surface area contributed by atoms with Gasteiger partial charge in [-0.15, -0.1) is 11.3 Å². The van der Waals surface area contributed by atoms with E-state index < -0.39 is 4.92 Å². The number of fused-ring (bicyclic) bond motifs is 1. The molecule has 1 N–H and O–H groups in total. The molecule has 0 fully saturated rings. The summed E-state index contributed by atoms with van der Waals surface area (Å²) in [5.74, 6) is 0.429. The molecule has 22 heavy (non-hydrogen) atoms. The van der Waals surface area contributed by atoms with Crippen molar-refractivity contribution in [2.24, 2.45) is 0 Å². The Morgan fingerprint density at radius 2 is 2.18 bits per heavy atom. The Morgan fingerprint density at radius 3 is 2.82 bits per heavy atom. The summed E-state index contributed by atoms with van der Waals surface area (Å²) < 4.78 is 1.24. The highest BCUT2D eigenvalue weighted by Gasteiger charge is 2.17. The van der Waals surface area contributed by atoms with E-state index in [0.29, 0.717) is 11.5 Å². The Bertz CT molecular complexity index is 854. The summed E-state index contributed by atoms with van der Waals surface area (Å²) in [5.41, 5.74) is 1.66. The lowest BCUT2D eigenvalue weighted by molar-refractivity contribution is -0.391. The number of rotatable bonds is 4. The first-order valence-electron chi connectivity index (χ1n) is 6.78. The van der Waals surface area contributed by atoms with E-state index in [1.165, 1.54) is 26.0 Å². The number of nitrogens with zero attached hydrogens (tertiary/aromatic N) is 4. The lowest BCUT2D eigenvalue weighted by atomic mass is 10.1. The molecule has 0 amide bonds. The summed E-state index contributed by atoms with van der Waals surface area (Å²) in [4.78, 5) is 17.0. The van der Waals surface area contributed by atoms with Crippen LogP contribution in [-0.2, 0) is 0 Å². The van der Waals surface area contributed by atoms with Crippen LogP contribution in [0.1, 0.15) is 28.3 Å². The first-order chi connectivity index (χ1) is 10.5. The largest absolute Gasteiger partial charge is 0.368 e. The van der Waals surface area contributed by atoms with E-state index in [1.807, 2.05) is 6.92 Å². The lowest BCUT2D eigenvalue weighted by Gasteiger charge is -2.13. The fourth-order valence-corrected chi connectivity index (χ4v) is 3.47. The van der Waals surface area contributed by atoms with Gasteiger partial charge in [-0.05, 0) is 43.4 Å². The highest BCUT2D eigenvalue weighted by molar-refractivity contribution is 7.12. The number of thiophene rings is 1. The second-order valence-electron chi connectivity index (χ2n) is 5.10. The van der Waals surface area contributed by atoms with E-state index in [1.54, 1.807) is 23.5 Å². The first-order valence-corrected chi connectivity index (χ1v) is 7.60. The summed E-state index contributed by atoms with van der Waals surface area (Å²) in [6.45, 7) is 6.21. The molecule has 0 unspecified atom stereocenters. The molecule has 3 rings (SSSR count). The van der Waals surface area contributed by atoms with Gasteiger partial charge in [-0.2, -0.15) is 0 Å². The summed E-state index contributed by atoms with van der Waals surface area (Å²) in [6, 6.07) is 5.70. The molecule has 0 aliphatic carbocycles. The fraction of sp³-hybridized carbons (Fsp3) is 0.286. The zero-order valence-electron chi connectivity index (χ0n) is 12.4. The summed E-state index contributed by atoms with van der Waals surface area (Å²) in [7, 11) is 0. The van der Waals surface area contributed by atoms with Crippen molar-refractivity contribution in [1.82, 2.24) is 14.6 Å². The summed E-state index contributed by atoms with van der Waals surface area (Å²) >= 11 is 1.75. The lowest BCUT2D eigenvalue weighted by Crippen LogP contribution is -2.10. The second-order valence-corrected chi connectivity index (χ2v) is 6.56. The van der Waals surface area contributed by atoms with Gasteiger partial charge in [-0.25, -0.2) is 4.98 Å². The van der Waals surface area contributed by atoms with Crippen molar-refractivity contribution in [2.75, 3.05) is 5.32 Å². The van der Waals surface area contributed by atoms with Gasteiger partial charge in [-0.1, -0.05) is 9.61 Å². The number of nitro groups is 1. The van der Waals surface area contributed by atoms with Gasteiger partial charge in [0, 0.05) is 15.8 Å². The van der Waals surface area contributed by atoms with E-state index in [4.69, 9.17) is 0 Å². The maximum atomic E-state index is 11.0. The van der Waals surface area contributed by atoms with Gasteiger partial charge >= 0.3 is 5.82 Å². The van der Waals surface area contributed by atoms with E-state index >= 15 is 0 Å². The number of aryl methyl sites for hydroxylation is 2. The van der Waals surface area contributed by atoms with Crippen LogP contribution < -0.4 is 5.32 Å². The molecule has 0 saturated heterocycles. The van der Waals surface area contributed by atoms with Crippen LogP contribution in [0.2, 0.25) is 0 Å². The van der Waals surface area contributed by atoms with Crippen molar-refractivity contribution >= 4 is 28.6 Å². The van der Waals surface area contributed by atoms with E-state index in [0.717, 1.165) is 0 Å². The summed E-state index contributed by atoms with van der Waals surface area (Å²) in [5, 5.41) is 18.5. The number of hydrogen-bond donors (Lipinski definition) is 1. The van der Waals surface area contributed by atoms with Crippen LogP contribution in [0.4, 0.5) is 11.6 Å². The molecule has 114 valence electrons. The van der Waals surface area contributed by atoms with Crippen molar-refractivity contribution in [2.45, 2.75) is 26.8 Å². The van der Waals surface area contributed by atoms with Gasteiger partial charge in [0.2, 0.25) is 5.65 Å². The van der Waals surface area contributed by atoms with Gasteiger partial charge in [0.15, 0.2) is 5.82 Å². The number of hydrogen-bond acceptors (Lipinski definition) is 6. The van der Waals surface area contributed by atoms with Gasteiger partial charge in [0.1, 0.15) is 6.20 Å². The molecule has 3 aromatic heterocycles. The summed E-state index contributed by atoms with van der Waals surface area (Å²) in [6.07, 6.45) is 1.21. The zero-order chi connectivity index (χ0) is 15.9. The number of aromatic nitrogens is 3. The molecule has 0 aliphatic heterocycles. The number of anilines is 1. The zero-order valence-corrected chi connectivity index (χ0v) is 13.2. The second kappa shape index (κ2) is 5.38. The third kappa shape index (κ3) is 2.52. The predicted octanol–water partition coefficient (Wildman–Crippen LogP) is 3.49. The minimum Gasteiger partial charge on any atom is -0.360 e. The first kappa shape index (κ1) is 14.5. The van der Waals surface area contributed by atoms with Crippen LogP contribution in [0.25, 0.3) is 5.65 Å². The quantitative estimate of drug-likeness (QED) is 0.588. The van der Waals surface area contributed by atoms with Crippen LogP contribution in [0, 0.1) is 24.0 Å². The molecule has 0 radical (unpaired) electrons. The Hall–Kier alpha value is -2.48. The SMILES string of the molecule is Cc1cc([C@@H](C)Nc2ccc3ncc([N+](=O)[O-])n3n2)c(C)s1. The van der Waals surface area contributed by atoms with Crippen molar-refractivity contribution in [3.8, 4) is 0 Å². The van der Waals surface area contributed by atoms with E-state index in [-0.39, 0.29) is 11.9 Å². The minimum atomic E-state index is -0.493. The topological polar surface area (TPSA) is 85.4 Å². The normalized spacial score (nSPS) is 12.5. The van der Waals surface area contributed by atoms with Crippen molar-refractivity contribution in [1.29, 1.82) is 0 Å². The van der Waals surface area contributed by atoms with Crippen LogP contribution >= 0.6 is 11.3 Å². The smallest absolute Gasteiger partial charge is 0.360 e. The molecule has 1 atom stereocenters. The highest BCUT2D eigenvalue weighted by atomic mass is 32.1. The molecule has 0 aliphatic rings. The van der Waals surface area contributed by atoms with Crippen LogP contribution in [0.5, 0.6) is 0 Å². The molecular formula is C14H15N5O2S. The Labute approximate surface area is 130 Å². The molecular weight excluding hydrogens is 302 g/mol. The number of imidazole rings is 1. The molecule has 0 bridgehead atoms. The molecule has 0 spiro atoms. The average molecular weight is 317 g/mol. The molecule has 3 heterocycles. The Kier molecular flexibility index (Phi) is 3.53. The molecule has 0 saturated carbocycles. The highest BCUT2D eigenvalue weighted by Crippen LogP contribution is 2.28. The maximum Gasteiger partial charge on any atom is 0.368 e. The molecule has 8 heteroatoms. The van der Waals surface area contributed by atoms with Crippen LogP contribution in [0.15, 0.2) is 24.4 Å². The predicted molar refractivity (Wildman–Crippen MR) is 85.5 cm³/mol. The number of nitrogens with one attached hydrogen (secondary N) is 1. The maximum absolute atomic E-state index is 11.0. The standard InChI is InChI=1S/C14H15N5O2S/c1-8-6-11(10(3)22-8)9(2)16-12-4-5-13-15-7-14(19(20)21)18(13)17-12/h4-7,9H,1-3H3,(H,16,17)/t9-/m1/s1. The third-order valence-corrected chi connectivity index (χ3v) is 4.42. The van der Waals surface area contributed by atoms with E-state index in [2.05, 4.69) is 35.3 Å². The molecule has 7 nitrogen and oxygen atoms in total. The van der Waals surface area contributed by atoms with Crippen molar-refractivity contribution in [3.63, 3.8) is 0 Å². The van der Waals surface area contributed by atoms with Crippen molar-refractivity contribution in [3.05, 3.63) is 49.8 Å². The Balaban J connectivity index is 1.92. The molecule has 3 aromatic rings. The monoisotopic (exact) mass is 317 g/mol. The fourth-order valence-electron chi connectivity index (χ4n) is 2.44. The minimum absolute atomic E-state index is 0.0671. The molecule has 0 aromatic carbocycles. The van der Waals surface area contributed by atoms with E-state index in [9.17, 15) is 10.1 Å². The third-order valence-electron chi connectivity index (χ3n) is 3.44. The van der Waals surface area contributed by atoms with Gasteiger partial charge in [-0.3, -0.25) is 0 Å². The average Bonchev–Trinajstić information content (AvgIpc) is 3.01. The van der Waals surface area contributed by atoms with Crippen molar-refractivity contribution < 1.29 is 4.92 Å². The van der Waals surface area contributed by atoms with Gasteiger partial charge in [0.25, 0.3) is 0 Å². The Morgan fingerprint density at radius 1 is 1.41 bits per heavy atom. The van der Waals surface area contributed by atoms with Gasteiger partial charge in [0.05, 0.1) is 6.04 Å². The van der Waals surface area contributed by atoms with Crippen LogP contribution in [-0.4, -0.2) is 19.5 Å².